The number of aromatic amines is 1. The molecule has 0 bridgehead atoms. The SMILES string of the molecule is CCCOc1c[nH]c(Cn2cnc3scc(-c4ccc(Cl)cc4)c3c2=O)cc1=O. The van der Waals surface area contributed by atoms with Gasteiger partial charge in [0.15, 0.2) is 5.75 Å². The quantitative estimate of drug-likeness (QED) is 0.497. The van der Waals surface area contributed by atoms with Crippen molar-refractivity contribution in [2.75, 3.05) is 6.61 Å². The Labute approximate surface area is 175 Å². The van der Waals surface area contributed by atoms with E-state index in [0.29, 0.717) is 27.5 Å². The highest BCUT2D eigenvalue weighted by Crippen LogP contribution is 2.31. The van der Waals surface area contributed by atoms with Crippen molar-refractivity contribution in [2.45, 2.75) is 19.9 Å². The van der Waals surface area contributed by atoms with Crippen molar-refractivity contribution >= 4 is 33.2 Å². The summed E-state index contributed by atoms with van der Waals surface area (Å²) in [5.74, 6) is 0.277. The zero-order valence-corrected chi connectivity index (χ0v) is 17.2. The smallest absolute Gasteiger partial charge is 0.263 e. The summed E-state index contributed by atoms with van der Waals surface area (Å²) in [5.41, 5.74) is 1.96. The molecule has 1 aromatic carbocycles. The van der Waals surface area contributed by atoms with Crippen LogP contribution in [0, 0.1) is 0 Å². The minimum Gasteiger partial charge on any atom is -0.488 e. The summed E-state index contributed by atoms with van der Waals surface area (Å²) in [6, 6.07) is 8.81. The molecule has 29 heavy (non-hydrogen) atoms. The van der Waals surface area contributed by atoms with Gasteiger partial charge in [0.1, 0.15) is 4.83 Å². The number of H-pyrrole nitrogens is 1. The Morgan fingerprint density at radius 1 is 1.24 bits per heavy atom. The van der Waals surface area contributed by atoms with Gasteiger partial charge in [-0.05, 0) is 24.1 Å². The molecule has 0 aliphatic rings. The third-order valence-corrected chi connectivity index (χ3v) is 5.59. The van der Waals surface area contributed by atoms with E-state index in [1.165, 1.54) is 34.5 Å². The van der Waals surface area contributed by atoms with Crippen molar-refractivity contribution in [2.24, 2.45) is 0 Å². The van der Waals surface area contributed by atoms with Crippen molar-refractivity contribution in [3.05, 3.63) is 79.5 Å². The highest BCUT2D eigenvalue weighted by atomic mass is 35.5. The first-order chi connectivity index (χ1) is 14.1. The van der Waals surface area contributed by atoms with Crippen molar-refractivity contribution in [1.82, 2.24) is 14.5 Å². The number of halogens is 1. The molecule has 0 atom stereocenters. The lowest BCUT2D eigenvalue weighted by atomic mass is 10.1. The van der Waals surface area contributed by atoms with Gasteiger partial charge < -0.3 is 9.72 Å². The Balaban J connectivity index is 1.70. The van der Waals surface area contributed by atoms with Gasteiger partial charge in [-0.1, -0.05) is 30.7 Å². The van der Waals surface area contributed by atoms with E-state index >= 15 is 0 Å². The lowest BCUT2D eigenvalue weighted by Gasteiger charge is -2.08. The van der Waals surface area contributed by atoms with Gasteiger partial charge in [0.05, 0.1) is 24.9 Å². The maximum atomic E-state index is 13.1. The number of ether oxygens (including phenoxy) is 1. The number of hydrogen-bond acceptors (Lipinski definition) is 5. The Kier molecular flexibility index (Phi) is 5.51. The van der Waals surface area contributed by atoms with Gasteiger partial charge in [0, 0.05) is 33.9 Å². The number of aromatic nitrogens is 3. The molecule has 0 spiro atoms. The van der Waals surface area contributed by atoms with E-state index in [1.807, 2.05) is 24.4 Å². The molecule has 0 fully saturated rings. The first-order valence-electron chi connectivity index (χ1n) is 9.14. The molecule has 0 saturated heterocycles. The average Bonchev–Trinajstić information content (AvgIpc) is 3.15. The fourth-order valence-electron chi connectivity index (χ4n) is 3.02. The van der Waals surface area contributed by atoms with Crippen molar-refractivity contribution in [3.63, 3.8) is 0 Å². The highest BCUT2D eigenvalue weighted by Gasteiger charge is 2.14. The maximum Gasteiger partial charge on any atom is 0.263 e. The van der Waals surface area contributed by atoms with Gasteiger partial charge in [0.2, 0.25) is 5.43 Å². The molecular weight excluding hydrogens is 410 g/mol. The average molecular weight is 428 g/mol. The molecule has 6 nitrogen and oxygen atoms in total. The number of pyridine rings is 1. The van der Waals surface area contributed by atoms with E-state index < -0.39 is 0 Å². The molecule has 8 heteroatoms. The summed E-state index contributed by atoms with van der Waals surface area (Å²) in [6.45, 7) is 2.66. The Bertz CT molecular complexity index is 1280. The highest BCUT2D eigenvalue weighted by molar-refractivity contribution is 7.17. The summed E-state index contributed by atoms with van der Waals surface area (Å²) in [5, 5.41) is 3.12. The molecule has 4 rings (SSSR count). The van der Waals surface area contributed by atoms with Crippen LogP contribution in [0.5, 0.6) is 5.75 Å². The lowest BCUT2D eigenvalue weighted by Crippen LogP contribution is -2.22. The second kappa shape index (κ2) is 8.23. The van der Waals surface area contributed by atoms with Gasteiger partial charge in [-0.25, -0.2) is 4.98 Å². The van der Waals surface area contributed by atoms with Crippen LogP contribution in [0.1, 0.15) is 19.0 Å². The van der Waals surface area contributed by atoms with Crippen LogP contribution < -0.4 is 15.7 Å². The summed E-state index contributed by atoms with van der Waals surface area (Å²) in [4.78, 5) is 33.5. The minimum atomic E-state index is -0.216. The zero-order valence-electron chi connectivity index (χ0n) is 15.6. The number of rotatable bonds is 6. The molecule has 0 unspecified atom stereocenters. The molecule has 0 aliphatic heterocycles. The zero-order chi connectivity index (χ0) is 20.4. The van der Waals surface area contributed by atoms with Crippen LogP contribution in [0.2, 0.25) is 5.02 Å². The summed E-state index contributed by atoms with van der Waals surface area (Å²) < 4.78 is 6.89. The second-order valence-corrected chi connectivity index (χ2v) is 7.84. The molecule has 0 amide bonds. The van der Waals surface area contributed by atoms with Crippen LogP contribution >= 0.6 is 22.9 Å². The Hall–Kier alpha value is -2.90. The number of nitrogens with one attached hydrogen (secondary N) is 1. The van der Waals surface area contributed by atoms with E-state index in [9.17, 15) is 9.59 Å². The molecule has 0 aliphatic carbocycles. The number of benzene rings is 1. The van der Waals surface area contributed by atoms with Gasteiger partial charge in [-0.15, -0.1) is 11.3 Å². The summed E-state index contributed by atoms with van der Waals surface area (Å²) in [7, 11) is 0. The normalized spacial score (nSPS) is 11.1. The Morgan fingerprint density at radius 2 is 2.03 bits per heavy atom. The van der Waals surface area contributed by atoms with Gasteiger partial charge in [0.25, 0.3) is 5.56 Å². The third-order valence-electron chi connectivity index (χ3n) is 4.46. The van der Waals surface area contributed by atoms with E-state index in [1.54, 1.807) is 12.1 Å². The van der Waals surface area contributed by atoms with Crippen molar-refractivity contribution in [1.29, 1.82) is 0 Å². The van der Waals surface area contributed by atoms with Crippen LogP contribution in [0.25, 0.3) is 21.3 Å². The number of thiophene rings is 1. The van der Waals surface area contributed by atoms with E-state index in [4.69, 9.17) is 16.3 Å². The molecule has 4 aromatic rings. The fourth-order valence-corrected chi connectivity index (χ4v) is 4.05. The predicted octanol–water partition coefficient (Wildman–Crippen LogP) is 4.30. The number of hydrogen-bond donors (Lipinski definition) is 1. The molecule has 1 N–H and O–H groups in total. The van der Waals surface area contributed by atoms with Crippen LogP contribution in [0.4, 0.5) is 0 Å². The molecule has 0 radical (unpaired) electrons. The van der Waals surface area contributed by atoms with Gasteiger partial charge in [-0.2, -0.15) is 0 Å². The summed E-state index contributed by atoms with van der Waals surface area (Å²) >= 11 is 7.40. The first-order valence-corrected chi connectivity index (χ1v) is 10.4. The van der Waals surface area contributed by atoms with Gasteiger partial charge in [-0.3, -0.25) is 14.2 Å². The molecular formula is C21H18ClN3O3S. The van der Waals surface area contributed by atoms with E-state index in [2.05, 4.69) is 9.97 Å². The maximum absolute atomic E-state index is 13.1. The molecule has 3 aromatic heterocycles. The van der Waals surface area contributed by atoms with Crippen LogP contribution in [-0.4, -0.2) is 21.1 Å². The second-order valence-electron chi connectivity index (χ2n) is 6.55. The minimum absolute atomic E-state index is 0.159. The van der Waals surface area contributed by atoms with Crippen LogP contribution in [-0.2, 0) is 6.54 Å². The third kappa shape index (κ3) is 3.97. The predicted molar refractivity (Wildman–Crippen MR) is 116 cm³/mol. The van der Waals surface area contributed by atoms with Crippen LogP contribution in [0.3, 0.4) is 0 Å². The van der Waals surface area contributed by atoms with Crippen molar-refractivity contribution < 1.29 is 4.74 Å². The Morgan fingerprint density at radius 3 is 2.76 bits per heavy atom. The summed E-state index contributed by atoms with van der Waals surface area (Å²) in [6.07, 6.45) is 3.86. The molecule has 148 valence electrons. The van der Waals surface area contributed by atoms with Crippen LogP contribution in [0.15, 0.2) is 57.8 Å². The lowest BCUT2D eigenvalue weighted by molar-refractivity contribution is 0.313. The largest absolute Gasteiger partial charge is 0.488 e. The van der Waals surface area contributed by atoms with E-state index in [0.717, 1.165) is 17.5 Å². The van der Waals surface area contributed by atoms with E-state index in [-0.39, 0.29) is 23.3 Å². The fraction of sp³-hybridized carbons (Fsp3) is 0.190. The monoisotopic (exact) mass is 427 g/mol. The molecule has 0 saturated carbocycles. The first kappa shape index (κ1) is 19.4. The number of fused-ring (bicyclic) bond motifs is 1. The molecule has 3 heterocycles. The topological polar surface area (TPSA) is 77.0 Å². The number of nitrogens with zero attached hydrogens (tertiary/aromatic N) is 2. The standard InChI is InChI=1S/C21H18ClN3O3S/c1-2-7-28-18-9-23-15(8-17(18)26)10-25-12-24-20-19(21(25)27)16(11-29-20)13-3-5-14(22)6-4-13/h3-6,8-9,11-12H,2,7,10H2,1H3,(H,23,26). The van der Waals surface area contributed by atoms with Gasteiger partial charge >= 0.3 is 0 Å². The van der Waals surface area contributed by atoms with Crippen molar-refractivity contribution in [3.8, 4) is 16.9 Å².